The second-order valence-electron chi connectivity index (χ2n) is 9.76. The second kappa shape index (κ2) is 10.5. The Morgan fingerprint density at radius 1 is 0.784 bits per heavy atom. The standard InChI is InChI=1S/C30H32N5O2/c1-22-11-10-16-25(17-22)20-35-26(31-28-27(35)29(36)33(3)30(37)32(28)2)21-34(18-23-12-6-4-7-13-23)19-24-14-8-5-9-15-24/h4-17,27H,18-21H2,1-3H3/q+1. The molecule has 0 radical (unpaired) electrons. The fourth-order valence-corrected chi connectivity index (χ4v) is 5.02. The molecule has 0 saturated carbocycles. The molecule has 1 atom stereocenters. The van der Waals surface area contributed by atoms with E-state index in [1.807, 2.05) is 42.5 Å². The van der Waals surface area contributed by atoms with Crippen LogP contribution in [0.15, 0.2) is 89.9 Å². The zero-order chi connectivity index (χ0) is 25.9. The Morgan fingerprint density at radius 2 is 1.38 bits per heavy atom. The number of carbonyl (C=O) groups is 2. The Morgan fingerprint density at radius 3 is 1.97 bits per heavy atom. The van der Waals surface area contributed by atoms with Crippen molar-refractivity contribution in [3.8, 4) is 0 Å². The summed E-state index contributed by atoms with van der Waals surface area (Å²) in [5.41, 5.74) is 4.67. The normalized spacial score (nSPS) is 17.5. The first-order valence-electron chi connectivity index (χ1n) is 12.5. The second-order valence-corrected chi connectivity index (χ2v) is 9.76. The van der Waals surface area contributed by atoms with Crippen LogP contribution in [-0.2, 0) is 24.4 Å². The third-order valence-electron chi connectivity index (χ3n) is 6.91. The molecule has 0 bridgehead atoms. The number of aliphatic imine (C=N–C) groups is 1. The summed E-state index contributed by atoms with van der Waals surface area (Å²) in [4.78, 5) is 36.0. The quantitative estimate of drug-likeness (QED) is 0.446. The molecular weight excluding hydrogens is 462 g/mol. The summed E-state index contributed by atoms with van der Waals surface area (Å²) in [6, 6.07) is 28.0. The summed E-state index contributed by atoms with van der Waals surface area (Å²) >= 11 is 0. The number of urea groups is 1. The molecule has 5 rings (SSSR count). The van der Waals surface area contributed by atoms with Crippen LogP contribution in [0.3, 0.4) is 0 Å². The molecule has 7 nitrogen and oxygen atoms in total. The predicted octanol–water partition coefficient (Wildman–Crippen LogP) is 3.91. The molecule has 0 aromatic heterocycles. The van der Waals surface area contributed by atoms with Gasteiger partial charge in [0.05, 0.1) is 0 Å². The summed E-state index contributed by atoms with van der Waals surface area (Å²) < 4.78 is 2.06. The Bertz CT molecular complexity index is 1330. The van der Waals surface area contributed by atoms with E-state index in [-0.39, 0.29) is 11.9 Å². The van der Waals surface area contributed by atoms with Crippen molar-refractivity contribution in [2.45, 2.75) is 32.6 Å². The molecule has 2 aliphatic heterocycles. The van der Waals surface area contributed by atoms with E-state index in [1.54, 1.807) is 7.05 Å². The van der Waals surface area contributed by atoms with Gasteiger partial charge < -0.3 is 0 Å². The number of benzene rings is 3. The summed E-state index contributed by atoms with van der Waals surface area (Å²) in [5, 5.41) is 0. The van der Waals surface area contributed by atoms with Gasteiger partial charge in [-0.1, -0.05) is 90.5 Å². The number of imide groups is 1. The van der Waals surface area contributed by atoms with Gasteiger partial charge in [-0.25, -0.2) is 9.37 Å². The average molecular weight is 495 g/mol. The molecule has 1 fully saturated rings. The number of carbonyl (C=O) groups excluding carboxylic acids is 2. The SMILES string of the molecule is Cc1cccc(C[N+]2=C(CN(Cc3ccccc3)Cc3ccccc3)N=C3C2C(=O)N(C)C(=O)N3C)c1. The summed E-state index contributed by atoms with van der Waals surface area (Å²) in [7, 11) is 3.23. The highest BCUT2D eigenvalue weighted by atomic mass is 16.2. The zero-order valence-corrected chi connectivity index (χ0v) is 21.5. The maximum absolute atomic E-state index is 13.4. The van der Waals surface area contributed by atoms with Gasteiger partial charge in [-0.05, 0) is 28.6 Å². The molecule has 2 heterocycles. The van der Waals surface area contributed by atoms with Crippen LogP contribution in [0.1, 0.15) is 22.3 Å². The fraction of sp³-hybridized carbons (Fsp3) is 0.267. The van der Waals surface area contributed by atoms with Crippen LogP contribution in [-0.4, -0.2) is 69.6 Å². The Hall–Kier alpha value is -4.10. The van der Waals surface area contributed by atoms with E-state index in [1.165, 1.54) is 28.0 Å². The van der Waals surface area contributed by atoms with E-state index in [0.29, 0.717) is 18.9 Å². The van der Waals surface area contributed by atoms with Gasteiger partial charge >= 0.3 is 11.9 Å². The van der Waals surface area contributed by atoms with E-state index in [9.17, 15) is 9.59 Å². The van der Waals surface area contributed by atoms with Crippen molar-refractivity contribution in [1.82, 2.24) is 14.7 Å². The third-order valence-corrected chi connectivity index (χ3v) is 6.91. The van der Waals surface area contributed by atoms with Gasteiger partial charge in [0, 0.05) is 27.2 Å². The number of nitrogens with zero attached hydrogens (tertiary/aromatic N) is 5. The number of hydrogen-bond acceptors (Lipinski definition) is 4. The van der Waals surface area contributed by atoms with E-state index < -0.39 is 6.04 Å². The lowest BCUT2D eigenvalue weighted by atomic mass is 10.1. The van der Waals surface area contributed by atoms with Gasteiger partial charge in [-0.2, -0.15) is 0 Å². The largest absolute Gasteiger partial charge is 0.333 e. The highest BCUT2D eigenvalue weighted by Gasteiger charge is 2.53. The molecule has 3 aromatic rings. The Balaban J connectivity index is 1.53. The first-order valence-corrected chi connectivity index (χ1v) is 12.5. The van der Waals surface area contributed by atoms with Crippen LogP contribution < -0.4 is 0 Å². The first-order chi connectivity index (χ1) is 17.9. The first kappa shape index (κ1) is 24.6. The van der Waals surface area contributed by atoms with E-state index in [4.69, 9.17) is 4.99 Å². The van der Waals surface area contributed by atoms with Gasteiger partial charge in [-0.3, -0.25) is 19.5 Å². The number of aryl methyl sites for hydroxylation is 1. The van der Waals surface area contributed by atoms with Gasteiger partial charge in [0.2, 0.25) is 0 Å². The van der Waals surface area contributed by atoms with Crippen molar-refractivity contribution in [2.75, 3.05) is 20.6 Å². The summed E-state index contributed by atoms with van der Waals surface area (Å²) in [6.45, 7) is 4.59. The predicted molar refractivity (Wildman–Crippen MR) is 144 cm³/mol. The topological polar surface area (TPSA) is 59.2 Å². The highest BCUT2D eigenvalue weighted by Crippen LogP contribution is 2.22. The van der Waals surface area contributed by atoms with Crippen molar-refractivity contribution < 1.29 is 14.2 Å². The third kappa shape index (κ3) is 5.22. The molecule has 188 valence electrons. The molecule has 1 unspecified atom stereocenters. The number of amides is 3. The summed E-state index contributed by atoms with van der Waals surface area (Å²) in [5.74, 6) is 1.04. The maximum Gasteiger partial charge on any atom is 0.333 e. The lowest BCUT2D eigenvalue weighted by Crippen LogP contribution is -2.61. The maximum atomic E-state index is 13.4. The van der Waals surface area contributed by atoms with E-state index >= 15 is 0 Å². The minimum Gasteiger partial charge on any atom is -0.284 e. The average Bonchev–Trinajstić information content (AvgIpc) is 3.25. The molecule has 2 aliphatic rings. The van der Waals surface area contributed by atoms with Gasteiger partial charge in [0.15, 0.2) is 0 Å². The zero-order valence-electron chi connectivity index (χ0n) is 21.5. The van der Waals surface area contributed by atoms with Crippen LogP contribution in [0.25, 0.3) is 0 Å². The van der Waals surface area contributed by atoms with Crippen LogP contribution in [0.5, 0.6) is 0 Å². The van der Waals surface area contributed by atoms with Crippen molar-refractivity contribution in [3.63, 3.8) is 0 Å². The molecule has 0 aliphatic carbocycles. The van der Waals surface area contributed by atoms with Crippen molar-refractivity contribution >= 4 is 23.6 Å². The number of rotatable bonds is 8. The fourth-order valence-electron chi connectivity index (χ4n) is 5.02. The van der Waals surface area contributed by atoms with Crippen molar-refractivity contribution in [2.24, 2.45) is 4.99 Å². The van der Waals surface area contributed by atoms with Gasteiger partial charge in [0.1, 0.15) is 13.1 Å². The smallest absolute Gasteiger partial charge is 0.284 e. The number of fused-ring (bicyclic) bond motifs is 1. The number of hydrogen-bond donors (Lipinski definition) is 0. The van der Waals surface area contributed by atoms with Crippen LogP contribution >= 0.6 is 0 Å². The minimum atomic E-state index is -0.626. The molecular formula is C30H32N5O2+. The monoisotopic (exact) mass is 494 g/mol. The highest BCUT2D eigenvalue weighted by molar-refractivity contribution is 6.23. The molecule has 7 heteroatoms. The van der Waals surface area contributed by atoms with Gasteiger partial charge in [-0.15, -0.1) is 0 Å². The van der Waals surface area contributed by atoms with Crippen LogP contribution in [0.4, 0.5) is 4.79 Å². The van der Waals surface area contributed by atoms with Crippen LogP contribution in [0, 0.1) is 6.92 Å². The minimum absolute atomic E-state index is 0.248. The lowest BCUT2D eigenvalue weighted by Gasteiger charge is -2.30. The Kier molecular flexibility index (Phi) is 6.97. The van der Waals surface area contributed by atoms with Crippen LogP contribution in [0.2, 0.25) is 0 Å². The van der Waals surface area contributed by atoms with E-state index in [2.05, 4.69) is 58.9 Å². The molecule has 3 amide bonds. The van der Waals surface area contributed by atoms with E-state index in [0.717, 1.165) is 30.1 Å². The summed E-state index contributed by atoms with van der Waals surface area (Å²) in [6.07, 6.45) is 0. The molecule has 1 saturated heterocycles. The molecule has 3 aromatic carbocycles. The molecule has 37 heavy (non-hydrogen) atoms. The molecule has 0 spiro atoms. The van der Waals surface area contributed by atoms with Gasteiger partial charge in [0.25, 0.3) is 17.8 Å². The number of likely N-dealkylation sites (N-methyl/N-ethyl adjacent to an activating group) is 2. The number of amidine groups is 2. The Labute approximate surface area is 218 Å². The van der Waals surface area contributed by atoms with Crippen molar-refractivity contribution in [3.05, 3.63) is 107 Å². The molecule has 0 N–H and O–H groups in total. The van der Waals surface area contributed by atoms with Crippen molar-refractivity contribution in [1.29, 1.82) is 0 Å². The lowest BCUT2D eigenvalue weighted by molar-refractivity contribution is -0.552.